The number of amides is 2. The molecule has 1 aliphatic heterocycles. The molecule has 4 rings (SSSR count). The number of anilines is 2. The first kappa shape index (κ1) is 19.0. The van der Waals surface area contributed by atoms with Crippen molar-refractivity contribution in [2.75, 3.05) is 23.9 Å². The lowest BCUT2D eigenvalue weighted by Gasteiger charge is -2.16. The lowest BCUT2D eigenvalue weighted by molar-refractivity contribution is -0.117. The number of carbonyl (C=O) groups excluding carboxylic acids is 2. The van der Waals surface area contributed by atoms with Gasteiger partial charge in [-0.25, -0.2) is 4.39 Å². The highest BCUT2D eigenvalue weighted by atomic mass is 32.1. The molecule has 0 bridgehead atoms. The van der Waals surface area contributed by atoms with Gasteiger partial charge in [0.15, 0.2) is 0 Å². The van der Waals surface area contributed by atoms with Crippen molar-refractivity contribution in [2.24, 2.45) is 0 Å². The SMILES string of the molecule is COc1ccc(N2C[C@H](c3nnc(NC(=O)c4ccccc4F)s3)CC2=O)cc1. The Morgan fingerprint density at radius 2 is 1.97 bits per heavy atom. The van der Waals surface area contributed by atoms with Crippen molar-refractivity contribution in [3.8, 4) is 5.75 Å². The number of aromatic nitrogens is 2. The summed E-state index contributed by atoms with van der Waals surface area (Å²) in [6.07, 6.45) is 0.307. The number of ether oxygens (including phenoxy) is 1. The summed E-state index contributed by atoms with van der Waals surface area (Å²) in [6.45, 7) is 0.473. The van der Waals surface area contributed by atoms with Crippen molar-refractivity contribution in [3.05, 3.63) is 64.9 Å². The smallest absolute Gasteiger partial charge is 0.260 e. The fraction of sp³-hybridized carbons (Fsp3) is 0.200. The third-order valence-electron chi connectivity index (χ3n) is 4.64. The Kier molecular flexibility index (Phi) is 5.22. The largest absolute Gasteiger partial charge is 0.497 e. The van der Waals surface area contributed by atoms with E-state index in [9.17, 15) is 14.0 Å². The van der Waals surface area contributed by atoms with E-state index in [0.717, 1.165) is 11.4 Å². The van der Waals surface area contributed by atoms with Crippen molar-refractivity contribution < 1.29 is 18.7 Å². The second-order valence-electron chi connectivity index (χ2n) is 6.48. The molecule has 29 heavy (non-hydrogen) atoms. The zero-order valence-electron chi connectivity index (χ0n) is 15.5. The van der Waals surface area contributed by atoms with Crippen molar-refractivity contribution in [3.63, 3.8) is 0 Å². The zero-order chi connectivity index (χ0) is 20.4. The molecule has 3 aromatic rings. The number of carbonyl (C=O) groups is 2. The van der Waals surface area contributed by atoms with Crippen LogP contribution in [0.4, 0.5) is 15.2 Å². The number of hydrogen-bond donors (Lipinski definition) is 1. The van der Waals surface area contributed by atoms with Crippen LogP contribution in [0.3, 0.4) is 0 Å². The molecule has 1 aromatic heterocycles. The van der Waals surface area contributed by atoms with Crippen LogP contribution in [-0.2, 0) is 4.79 Å². The first-order chi connectivity index (χ1) is 14.0. The van der Waals surface area contributed by atoms with Gasteiger partial charge in [0.1, 0.15) is 16.6 Å². The molecule has 9 heteroatoms. The molecular weight excluding hydrogens is 395 g/mol. The predicted molar refractivity (Wildman–Crippen MR) is 107 cm³/mol. The van der Waals surface area contributed by atoms with Crippen LogP contribution in [0.2, 0.25) is 0 Å². The first-order valence-corrected chi connectivity index (χ1v) is 9.70. The molecule has 0 aliphatic carbocycles. The molecule has 0 unspecified atom stereocenters. The Hall–Kier alpha value is -3.33. The summed E-state index contributed by atoms with van der Waals surface area (Å²) in [5, 5.41) is 11.6. The minimum absolute atomic E-state index is 0.00712. The summed E-state index contributed by atoms with van der Waals surface area (Å²) in [7, 11) is 1.59. The maximum Gasteiger partial charge on any atom is 0.260 e. The lowest BCUT2D eigenvalue weighted by atomic mass is 10.1. The van der Waals surface area contributed by atoms with Crippen LogP contribution in [0.15, 0.2) is 48.5 Å². The van der Waals surface area contributed by atoms with Crippen LogP contribution in [0.25, 0.3) is 0 Å². The fourth-order valence-electron chi connectivity index (χ4n) is 3.14. The molecule has 2 aromatic carbocycles. The highest BCUT2D eigenvalue weighted by molar-refractivity contribution is 7.15. The highest BCUT2D eigenvalue weighted by Gasteiger charge is 2.34. The number of rotatable bonds is 5. The Morgan fingerprint density at radius 1 is 1.21 bits per heavy atom. The maximum atomic E-state index is 13.7. The topological polar surface area (TPSA) is 84.4 Å². The van der Waals surface area contributed by atoms with Crippen LogP contribution in [0.5, 0.6) is 5.75 Å². The van der Waals surface area contributed by atoms with Crippen LogP contribution in [0.1, 0.15) is 27.7 Å². The fourth-order valence-corrected chi connectivity index (χ4v) is 3.97. The maximum absolute atomic E-state index is 13.7. The van der Waals surface area contributed by atoms with Crippen LogP contribution < -0.4 is 15.0 Å². The van der Waals surface area contributed by atoms with Gasteiger partial charge in [0.2, 0.25) is 11.0 Å². The number of halogens is 1. The van der Waals surface area contributed by atoms with Crippen molar-refractivity contribution in [1.82, 2.24) is 10.2 Å². The molecule has 0 spiro atoms. The minimum Gasteiger partial charge on any atom is -0.497 e. The van der Waals surface area contributed by atoms with E-state index in [2.05, 4.69) is 15.5 Å². The number of nitrogens with one attached hydrogen (secondary N) is 1. The van der Waals surface area contributed by atoms with Gasteiger partial charge in [0.05, 0.1) is 12.7 Å². The average Bonchev–Trinajstić information content (AvgIpc) is 3.35. The summed E-state index contributed by atoms with van der Waals surface area (Å²) < 4.78 is 18.9. The van der Waals surface area contributed by atoms with E-state index < -0.39 is 11.7 Å². The van der Waals surface area contributed by atoms with Crippen LogP contribution in [-0.4, -0.2) is 35.7 Å². The summed E-state index contributed by atoms with van der Waals surface area (Å²) in [5.41, 5.74) is 0.724. The molecule has 1 atom stereocenters. The molecular formula is C20H17FN4O3S. The summed E-state index contributed by atoms with van der Waals surface area (Å²) in [6, 6.07) is 13.0. The number of nitrogens with zero attached hydrogens (tertiary/aromatic N) is 3. The van der Waals surface area contributed by atoms with Gasteiger partial charge in [-0.2, -0.15) is 0 Å². The van der Waals surface area contributed by atoms with E-state index >= 15 is 0 Å². The van der Waals surface area contributed by atoms with E-state index in [1.807, 2.05) is 12.1 Å². The van der Waals surface area contributed by atoms with Gasteiger partial charge in [0.25, 0.3) is 5.91 Å². The van der Waals surface area contributed by atoms with Crippen LogP contribution in [0, 0.1) is 5.82 Å². The van der Waals surface area contributed by atoms with Crippen molar-refractivity contribution >= 4 is 34.0 Å². The minimum atomic E-state index is -0.605. The molecule has 2 amide bonds. The van der Waals surface area contributed by atoms with E-state index in [1.165, 1.54) is 29.5 Å². The van der Waals surface area contributed by atoms with Gasteiger partial charge in [0, 0.05) is 24.6 Å². The number of hydrogen-bond acceptors (Lipinski definition) is 6. The lowest BCUT2D eigenvalue weighted by Crippen LogP contribution is -2.24. The summed E-state index contributed by atoms with van der Waals surface area (Å²) in [5.74, 6) is -0.607. The first-order valence-electron chi connectivity index (χ1n) is 8.89. The normalized spacial score (nSPS) is 16.1. The van der Waals surface area contributed by atoms with Gasteiger partial charge in [-0.3, -0.25) is 14.9 Å². The van der Waals surface area contributed by atoms with E-state index in [4.69, 9.17) is 4.74 Å². The van der Waals surface area contributed by atoms with Crippen molar-refractivity contribution in [1.29, 1.82) is 0 Å². The molecule has 7 nitrogen and oxygen atoms in total. The third kappa shape index (κ3) is 3.95. The zero-order valence-corrected chi connectivity index (χ0v) is 16.3. The molecule has 1 fully saturated rings. The van der Waals surface area contributed by atoms with Crippen molar-refractivity contribution in [2.45, 2.75) is 12.3 Å². The molecule has 1 aliphatic rings. The Morgan fingerprint density at radius 3 is 2.69 bits per heavy atom. The van der Waals surface area contributed by atoms with Gasteiger partial charge in [-0.15, -0.1) is 10.2 Å². The number of benzene rings is 2. The Balaban J connectivity index is 1.45. The second-order valence-corrected chi connectivity index (χ2v) is 7.49. The molecule has 0 radical (unpaired) electrons. The number of methoxy groups -OCH3 is 1. The second kappa shape index (κ2) is 7.96. The van der Waals surface area contributed by atoms with E-state index in [0.29, 0.717) is 18.0 Å². The summed E-state index contributed by atoms with van der Waals surface area (Å²) in [4.78, 5) is 26.4. The molecule has 2 heterocycles. The molecule has 1 saturated heterocycles. The average molecular weight is 412 g/mol. The standard InChI is InChI=1S/C20H17FN4O3S/c1-28-14-8-6-13(7-9-14)25-11-12(10-17(25)26)19-23-24-20(29-19)22-18(27)15-4-2-3-5-16(15)21/h2-9,12H,10-11H2,1H3,(H,22,24,27)/t12-/m1/s1. The van der Waals surface area contributed by atoms with Crippen LogP contribution >= 0.6 is 11.3 Å². The van der Waals surface area contributed by atoms with E-state index in [1.54, 1.807) is 30.2 Å². The summed E-state index contributed by atoms with van der Waals surface area (Å²) >= 11 is 1.19. The Bertz CT molecular complexity index is 1050. The van der Waals surface area contributed by atoms with E-state index in [-0.39, 0.29) is 22.5 Å². The van der Waals surface area contributed by atoms with Gasteiger partial charge < -0.3 is 9.64 Å². The predicted octanol–water partition coefficient (Wildman–Crippen LogP) is 3.46. The highest BCUT2D eigenvalue weighted by Crippen LogP contribution is 2.34. The van der Waals surface area contributed by atoms with Gasteiger partial charge in [-0.1, -0.05) is 23.5 Å². The third-order valence-corrected chi connectivity index (χ3v) is 5.64. The quantitative estimate of drug-likeness (QED) is 0.694. The molecule has 148 valence electrons. The molecule has 0 saturated carbocycles. The Labute approximate surface area is 170 Å². The monoisotopic (exact) mass is 412 g/mol. The van der Waals surface area contributed by atoms with Gasteiger partial charge >= 0.3 is 0 Å². The molecule has 1 N–H and O–H groups in total. The van der Waals surface area contributed by atoms with Gasteiger partial charge in [-0.05, 0) is 36.4 Å².